The maximum absolute atomic E-state index is 13.7. The van der Waals surface area contributed by atoms with Crippen molar-refractivity contribution in [2.45, 2.75) is 117 Å². The Morgan fingerprint density at radius 2 is 1.82 bits per heavy atom. The molecule has 3 rings (SSSR count). The van der Waals surface area contributed by atoms with Gasteiger partial charge < -0.3 is 44.5 Å². The Labute approximate surface area is 349 Å². The van der Waals surface area contributed by atoms with E-state index in [0.29, 0.717) is 12.0 Å². The lowest BCUT2D eigenvalue weighted by atomic mass is 9.94. The summed E-state index contributed by atoms with van der Waals surface area (Å²) < 4.78 is 17.5. The average molecular weight is 840 g/mol. The van der Waals surface area contributed by atoms with E-state index in [1.54, 1.807) is 43.4 Å². The normalized spacial score (nSPS) is 23.7. The molecule has 18 nitrogen and oxygen atoms in total. The van der Waals surface area contributed by atoms with Crippen LogP contribution in [0.5, 0.6) is 0 Å². The number of nitrogens with zero attached hydrogens (tertiary/aromatic N) is 3. The molecule has 2 aliphatic rings. The van der Waals surface area contributed by atoms with Crippen LogP contribution in [0.15, 0.2) is 63.9 Å². The molecule has 3 heterocycles. The Balaban J connectivity index is 1.99. The summed E-state index contributed by atoms with van der Waals surface area (Å²) in [5, 5.41) is 27.3. The highest BCUT2D eigenvalue weighted by Crippen LogP contribution is 2.23. The number of hydrogen-bond acceptors (Lipinski definition) is 13. The summed E-state index contributed by atoms with van der Waals surface area (Å²) in [7, 11) is 0. The summed E-state index contributed by atoms with van der Waals surface area (Å²) >= 11 is 0. The SMILES string of the molecule is CCCCCCCC(=O)OC1/C=C(C)\C=C\CNC(=O)/C=C\C(C)C(C(C)C)OC(=O)C2C=CCN2C(=O)c2coc(n2)C/C(=N\OCC(=O)NC(CC(=O)O)C(=O)O)C1. The number of aromatic nitrogens is 1. The fraction of sp³-hybridized carbons (Fsp3) is 0.548. The van der Waals surface area contributed by atoms with E-state index in [0.717, 1.165) is 31.9 Å². The summed E-state index contributed by atoms with van der Waals surface area (Å²) in [5.74, 6) is -6.59. The summed E-state index contributed by atoms with van der Waals surface area (Å²) in [6, 6.07) is -2.78. The first-order chi connectivity index (χ1) is 28.6. The Morgan fingerprint density at radius 3 is 2.52 bits per heavy atom. The molecule has 0 spiro atoms. The van der Waals surface area contributed by atoms with Crippen molar-refractivity contribution in [2.24, 2.45) is 17.0 Å². The number of fused-ring (bicyclic) bond motifs is 3. The van der Waals surface area contributed by atoms with E-state index >= 15 is 0 Å². The largest absolute Gasteiger partial charge is 0.481 e. The minimum atomic E-state index is -1.72. The Morgan fingerprint density at radius 1 is 1.07 bits per heavy atom. The highest BCUT2D eigenvalue weighted by Gasteiger charge is 2.36. The highest BCUT2D eigenvalue weighted by atomic mass is 16.6. The standard InChI is InChI=1S/C42H57N5O13/c1-6-7-8-9-10-15-38(52)59-30-20-27(4)13-11-18-43-34(48)17-16-28(5)39(26(2)3)60-42(56)33-14-12-19-47(33)40(53)32-24-57-36(45-32)22-29(21-30)46-58-25-35(49)44-31(41(54)55)23-37(50)51/h11-14,16-17,20,24,26,28,30-31,33,39H,6-10,15,18-19,21-23,25H2,1-5H3,(H,43,48)(H,44,49)(H,50,51)(H,54,55)/b13-11+,17-16-,27-20-,46-29-. The number of carbonyl (C=O) groups excluding carboxylic acids is 5. The van der Waals surface area contributed by atoms with Gasteiger partial charge in [0, 0.05) is 31.8 Å². The maximum Gasteiger partial charge on any atom is 0.333 e. The number of rotatable bonds is 15. The molecule has 5 unspecified atom stereocenters. The Bertz CT molecular complexity index is 1830. The van der Waals surface area contributed by atoms with Crippen molar-refractivity contribution in [3.05, 3.63) is 66.0 Å². The Kier molecular flexibility index (Phi) is 19.9. The number of esters is 2. The minimum absolute atomic E-state index is 0.0138. The van der Waals surface area contributed by atoms with Crippen LogP contribution >= 0.6 is 0 Å². The van der Waals surface area contributed by atoms with Crippen LogP contribution in [-0.2, 0) is 49.5 Å². The van der Waals surface area contributed by atoms with Gasteiger partial charge in [0.2, 0.25) is 11.8 Å². The fourth-order valence-electron chi connectivity index (χ4n) is 6.37. The first kappa shape index (κ1) is 48.3. The van der Waals surface area contributed by atoms with Crippen molar-refractivity contribution in [1.82, 2.24) is 20.5 Å². The zero-order chi connectivity index (χ0) is 44.2. The van der Waals surface area contributed by atoms with Gasteiger partial charge >= 0.3 is 23.9 Å². The first-order valence-corrected chi connectivity index (χ1v) is 20.1. The molecule has 0 fully saturated rings. The molecule has 5 atom stereocenters. The van der Waals surface area contributed by atoms with Crippen molar-refractivity contribution in [3.63, 3.8) is 0 Å². The van der Waals surface area contributed by atoms with Gasteiger partial charge in [-0.3, -0.25) is 24.0 Å². The third-order valence-electron chi connectivity index (χ3n) is 9.39. The molecule has 3 amide bonds. The molecule has 60 heavy (non-hydrogen) atoms. The number of hydrogen-bond donors (Lipinski definition) is 4. The van der Waals surface area contributed by atoms with E-state index in [9.17, 15) is 38.7 Å². The van der Waals surface area contributed by atoms with Crippen molar-refractivity contribution >= 4 is 47.3 Å². The third-order valence-corrected chi connectivity index (χ3v) is 9.39. The molecule has 0 aromatic carbocycles. The predicted octanol–water partition coefficient (Wildman–Crippen LogP) is 4.07. The molecule has 328 valence electrons. The molecule has 1 aromatic heterocycles. The van der Waals surface area contributed by atoms with Gasteiger partial charge in [0.1, 0.15) is 30.6 Å². The lowest BCUT2D eigenvalue weighted by Crippen LogP contribution is -2.44. The second-order valence-corrected chi connectivity index (χ2v) is 14.9. The van der Waals surface area contributed by atoms with Gasteiger partial charge in [0.15, 0.2) is 12.3 Å². The molecule has 1 aromatic rings. The molecule has 0 saturated carbocycles. The zero-order valence-corrected chi connectivity index (χ0v) is 34.8. The van der Waals surface area contributed by atoms with Gasteiger partial charge in [0.05, 0.1) is 18.6 Å². The number of aliphatic carboxylic acids is 2. The minimum Gasteiger partial charge on any atom is -0.481 e. The molecular formula is C42H57N5O13. The second-order valence-electron chi connectivity index (χ2n) is 14.9. The van der Waals surface area contributed by atoms with E-state index in [1.807, 2.05) is 20.8 Å². The van der Waals surface area contributed by atoms with Crippen molar-refractivity contribution in [3.8, 4) is 0 Å². The van der Waals surface area contributed by atoms with Crippen LogP contribution in [0.3, 0.4) is 0 Å². The third kappa shape index (κ3) is 16.7. The number of nitrogens with one attached hydrogen (secondary N) is 2. The maximum atomic E-state index is 13.7. The van der Waals surface area contributed by atoms with Crippen molar-refractivity contribution in [1.29, 1.82) is 0 Å². The zero-order valence-electron chi connectivity index (χ0n) is 34.8. The number of carboxylic acid groups (broad SMARTS) is 2. The van der Waals surface area contributed by atoms with Gasteiger partial charge in [-0.1, -0.05) is 94.5 Å². The highest BCUT2D eigenvalue weighted by molar-refractivity contribution is 5.96. The number of carbonyl (C=O) groups is 7. The molecule has 18 heteroatoms. The van der Waals surface area contributed by atoms with Crippen LogP contribution < -0.4 is 10.6 Å². The first-order valence-electron chi connectivity index (χ1n) is 20.1. The van der Waals surface area contributed by atoms with Crippen LogP contribution in [0.4, 0.5) is 0 Å². The fourth-order valence-corrected chi connectivity index (χ4v) is 6.37. The van der Waals surface area contributed by atoms with Gasteiger partial charge in [-0.05, 0) is 31.4 Å². The molecule has 2 aliphatic heterocycles. The molecule has 0 radical (unpaired) electrons. The van der Waals surface area contributed by atoms with Crippen LogP contribution in [0.1, 0.15) is 102 Å². The second kappa shape index (κ2) is 24.8. The summed E-state index contributed by atoms with van der Waals surface area (Å²) in [4.78, 5) is 99.0. The van der Waals surface area contributed by atoms with Crippen LogP contribution in [0, 0.1) is 11.8 Å². The number of oxime groups is 1. The summed E-state index contributed by atoms with van der Waals surface area (Å²) in [6.45, 7) is 8.89. The van der Waals surface area contributed by atoms with E-state index < -0.39 is 73.0 Å². The predicted molar refractivity (Wildman–Crippen MR) is 216 cm³/mol. The van der Waals surface area contributed by atoms with Crippen LogP contribution in [0.25, 0.3) is 0 Å². The number of unbranched alkanes of at least 4 members (excludes halogenated alkanes) is 4. The topological polar surface area (TPSA) is 253 Å². The number of allylic oxidation sites excluding steroid dienone is 2. The van der Waals surface area contributed by atoms with E-state index in [2.05, 4.69) is 27.7 Å². The molecule has 2 bridgehead atoms. The van der Waals surface area contributed by atoms with Gasteiger partial charge in [-0.2, -0.15) is 0 Å². The Hall–Kier alpha value is -6.07. The number of oxazole rings is 1. The lowest BCUT2D eigenvalue weighted by Gasteiger charge is -2.29. The van der Waals surface area contributed by atoms with Gasteiger partial charge in [0.25, 0.3) is 11.8 Å². The van der Waals surface area contributed by atoms with E-state index in [1.165, 1.54) is 11.0 Å². The number of carboxylic acids is 2. The van der Waals surface area contributed by atoms with E-state index in [4.69, 9.17) is 23.8 Å². The monoisotopic (exact) mass is 839 g/mol. The van der Waals surface area contributed by atoms with Gasteiger partial charge in [-0.25, -0.2) is 14.6 Å². The number of cyclic esters (lactones) is 1. The van der Waals surface area contributed by atoms with Crippen LogP contribution in [0.2, 0.25) is 0 Å². The smallest absolute Gasteiger partial charge is 0.333 e. The van der Waals surface area contributed by atoms with Crippen molar-refractivity contribution in [2.75, 3.05) is 19.7 Å². The molecule has 4 N–H and O–H groups in total. The number of amides is 3. The summed E-state index contributed by atoms with van der Waals surface area (Å²) in [6.07, 6.45) is 14.4. The summed E-state index contributed by atoms with van der Waals surface area (Å²) in [5.41, 5.74) is 0.662. The quantitative estimate of drug-likeness (QED) is 0.0841. The average Bonchev–Trinajstić information content (AvgIpc) is 3.87. The number of ether oxygens (including phenoxy) is 2. The molecule has 0 saturated heterocycles. The van der Waals surface area contributed by atoms with Crippen molar-refractivity contribution < 1.29 is 62.5 Å². The lowest BCUT2D eigenvalue weighted by molar-refractivity contribution is -0.156. The van der Waals surface area contributed by atoms with Crippen LogP contribution in [-0.4, -0.2) is 111 Å². The van der Waals surface area contributed by atoms with E-state index in [-0.39, 0.29) is 67.4 Å². The van der Waals surface area contributed by atoms with Gasteiger partial charge in [-0.15, -0.1) is 0 Å². The molecule has 0 aliphatic carbocycles. The molecular weight excluding hydrogens is 782 g/mol.